The van der Waals surface area contributed by atoms with Crippen LogP contribution in [0, 0.1) is 0 Å². The van der Waals surface area contributed by atoms with Crippen molar-refractivity contribution < 1.29 is 0 Å². The molecule has 3 heteroatoms. The van der Waals surface area contributed by atoms with E-state index in [1.807, 2.05) is 11.3 Å². The molecule has 0 aliphatic rings. The number of para-hydroxylation sites is 2. The van der Waals surface area contributed by atoms with E-state index in [-0.39, 0.29) is 0 Å². The number of thiophene rings is 1. The summed E-state index contributed by atoms with van der Waals surface area (Å²) in [5, 5.41) is 12.9. The Labute approximate surface area is 438 Å². The molecular formula is C72H46N2S. The first-order valence-corrected chi connectivity index (χ1v) is 26.5. The van der Waals surface area contributed by atoms with Gasteiger partial charge in [0, 0.05) is 53.7 Å². The molecule has 0 saturated heterocycles. The fraction of sp³-hybridized carbons (Fsp3) is 0. The largest absolute Gasteiger partial charge is 0.311 e. The van der Waals surface area contributed by atoms with E-state index in [0.717, 1.165) is 28.3 Å². The summed E-state index contributed by atoms with van der Waals surface area (Å²) in [5.74, 6) is 0. The van der Waals surface area contributed by atoms with Gasteiger partial charge in [0.1, 0.15) is 0 Å². The van der Waals surface area contributed by atoms with Crippen molar-refractivity contribution in [2.45, 2.75) is 0 Å². The van der Waals surface area contributed by atoms with Gasteiger partial charge in [0.2, 0.25) is 0 Å². The number of hydrogen-bond donors (Lipinski definition) is 0. The number of hydrogen-bond acceptors (Lipinski definition) is 2. The zero-order chi connectivity index (χ0) is 49.4. The summed E-state index contributed by atoms with van der Waals surface area (Å²) >= 11 is 1.89. The lowest BCUT2D eigenvalue weighted by Crippen LogP contribution is -2.09. The minimum Gasteiger partial charge on any atom is -0.311 e. The molecule has 0 radical (unpaired) electrons. The first-order chi connectivity index (χ1) is 37.2. The molecule has 13 aromatic carbocycles. The third-order valence-corrected chi connectivity index (χ3v) is 16.6. The average Bonchev–Trinajstić information content (AvgIpc) is 4.04. The highest BCUT2D eigenvalue weighted by atomic mass is 32.1. The lowest BCUT2D eigenvalue weighted by Gasteiger charge is -2.26. The van der Waals surface area contributed by atoms with Gasteiger partial charge in [-0.25, -0.2) is 0 Å². The van der Waals surface area contributed by atoms with E-state index in [1.165, 1.54) is 113 Å². The Bertz CT molecular complexity index is 4620. The van der Waals surface area contributed by atoms with Gasteiger partial charge in [0.15, 0.2) is 0 Å². The number of fused-ring (bicyclic) bond motifs is 11. The van der Waals surface area contributed by atoms with E-state index >= 15 is 0 Å². The smallest absolute Gasteiger partial charge is 0.0541 e. The van der Waals surface area contributed by atoms with Crippen LogP contribution in [0.2, 0.25) is 0 Å². The second-order valence-electron chi connectivity index (χ2n) is 19.6. The van der Waals surface area contributed by atoms with Gasteiger partial charge in [-0.1, -0.05) is 206 Å². The quantitative estimate of drug-likeness (QED) is 0.138. The molecule has 15 aromatic rings. The zero-order valence-electron chi connectivity index (χ0n) is 40.9. The van der Waals surface area contributed by atoms with Gasteiger partial charge in [0.05, 0.1) is 11.0 Å². The third kappa shape index (κ3) is 7.31. The molecule has 2 aromatic heterocycles. The summed E-state index contributed by atoms with van der Waals surface area (Å²) < 4.78 is 5.05. The summed E-state index contributed by atoms with van der Waals surface area (Å²) in [6, 6.07) is 103. The third-order valence-electron chi connectivity index (χ3n) is 15.4. The first kappa shape index (κ1) is 43.1. The Kier molecular flexibility index (Phi) is 10.1. The number of rotatable bonds is 8. The number of aromatic nitrogens is 1. The van der Waals surface area contributed by atoms with E-state index in [4.69, 9.17) is 0 Å². The maximum absolute atomic E-state index is 2.39. The average molecular weight is 971 g/mol. The Morgan fingerprint density at radius 1 is 0.267 bits per heavy atom. The highest BCUT2D eigenvalue weighted by Gasteiger charge is 2.17. The summed E-state index contributed by atoms with van der Waals surface area (Å²) in [6.45, 7) is 0. The van der Waals surface area contributed by atoms with Crippen LogP contribution in [-0.2, 0) is 0 Å². The maximum atomic E-state index is 2.39. The molecular weight excluding hydrogens is 925 g/mol. The van der Waals surface area contributed by atoms with Crippen molar-refractivity contribution in [3.05, 3.63) is 279 Å². The number of anilines is 3. The van der Waals surface area contributed by atoms with Gasteiger partial charge in [-0.05, 0) is 150 Å². The Balaban J connectivity index is 0.780. The molecule has 75 heavy (non-hydrogen) atoms. The van der Waals surface area contributed by atoms with E-state index in [9.17, 15) is 0 Å². The first-order valence-electron chi connectivity index (χ1n) is 25.7. The van der Waals surface area contributed by atoms with Gasteiger partial charge in [-0.15, -0.1) is 11.3 Å². The molecule has 0 aliphatic carbocycles. The highest BCUT2D eigenvalue weighted by molar-refractivity contribution is 7.26. The van der Waals surface area contributed by atoms with Crippen LogP contribution in [0.3, 0.4) is 0 Å². The summed E-state index contributed by atoms with van der Waals surface area (Å²) in [4.78, 5) is 2.38. The van der Waals surface area contributed by atoms with Crippen molar-refractivity contribution in [2.75, 3.05) is 4.90 Å². The topological polar surface area (TPSA) is 8.17 Å². The zero-order valence-corrected chi connectivity index (χ0v) is 41.7. The number of nitrogens with zero attached hydrogens (tertiary/aromatic N) is 2. The predicted molar refractivity (Wildman–Crippen MR) is 323 cm³/mol. The summed E-state index contributed by atoms with van der Waals surface area (Å²) in [7, 11) is 0. The molecule has 0 saturated carbocycles. The standard InChI is InChI=1S/C72H46N2S/c1-4-17-61-51(12-1)34-43-67-66-42-35-54(46-71(66)75-72(61)67)50-32-40-58(41-33-50)73(57-38-30-49(31-39-57)53-14-11-15-59(44-53)74-69-22-9-7-20-64(69)65-21-8-10-23-70(65)74)56-36-28-48(29-37-56)47-24-26-52(27-25-47)68-45-55-13-2-3-16-60(55)62-18-5-6-19-63(62)68/h1-46H. The van der Waals surface area contributed by atoms with Crippen molar-refractivity contribution >= 4 is 103 Å². The summed E-state index contributed by atoms with van der Waals surface area (Å²) in [6.07, 6.45) is 0. The monoisotopic (exact) mass is 970 g/mol. The van der Waals surface area contributed by atoms with Crippen LogP contribution in [0.4, 0.5) is 17.1 Å². The molecule has 0 atom stereocenters. The van der Waals surface area contributed by atoms with Gasteiger partial charge < -0.3 is 9.47 Å². The van der Waals surface area contributed by atoms with Crippen molar-refractivity contribution in [1.29, 1.82) is 0 Å². The fourth-order valence-corrected chi connectivity index (χ4v) is 13.0. The molecule has 15 rings (SSSR count). The van der Waals surface area contributed by atoms with E-state index in [0.29, 0.717) is 0 Å². The van der Waals surface area contributed by atoms with E-state index < -0.39 is 0 Å². The minimum atomic E-state index is 1.09. The highest BCUT2D eigenvalue weighted by Crippen LogP contribution is 2.43. The van der Waals surface area contributed by atoms with E-state index in [2.05, 4.69) is 289 Å². The lowest BCUT2D eigenvalue weighted by atomic mass is 9.92. The van der Waals surface area contributed by atoms with Crippen LogP contribution in [0.15, 0.2) is 279 Å². The minimum absolute atomic E-state index is 1.09. The Hall–Kier alpha value is -9.54. The van der Waals surface area contributed by atoms with Crippen LogP contribution in [0.1, 0.15) is 0 Å². The van der Waals surface area contributed by atoms with Crippen molar-refractivity contribution in [2.24, 2.45) is 0 Å². The predicted octanol–water partition coefficient (Wildman–Crippen LogP) is 20.7. The second-order valence-corrected chi connectivity index (χ2v) is 20.7. The van der Waals surface area contributed by atoms with Gasteiger partial charge in [-0.2, -0.15) is 0 Å². The van der Waals surface area contributed by atoms with Crippen LogP contribution in [0.25, 0.3) is 124 Å². The molecule has 0 aliphatic heterocycles. The van der Waals surface area contributed by atoms with Gasteiger partial charge in [-0.3, -0.25) is 0 Å². The normalized spacial score (nSPS) is 11.7. The van der Waals surface area contributed by atoms with E-state index in [1.54, 1.807) is 0 Å². The molecule has 0 bridgehead atoms. The molecule has 350 valence electrons. The van der Waals surface area contributed by atoms with Crippen molar-refractivity contribution in [3.63, 3.8) is 0 Å². The molecule has 2 nitrogen and oxygen atoms in total. The molecule has 0 fully saturated rings. The Morgan fingerprint density at radius 3 is 1.37 bits per heavy atom. The Morgan fingerprint density at radius 2 is 0.733 bits per heavy atom. The SMILES string of the molecule is c1cc(-c2ccc(N(c3ccc(-c4ccc(-c5cc6ccccc6c6ccccc56)cc4)cc3)c3ccc(-c4ccc5c(c4)sc4c6ccccc6ccc54)cc3)cc2)cc(-n2c3ccccc3c3ccccc32)c1. The van der Waals surface area contributed by atoms with Crippen molar-refractivity contribution in [3.8, 4) is 50.2 Å². The molecule has 0 unspecified atom stereocenters. The van der Waals surface area contributed by atoms with Crippen molar-refractivity contribution in [1.82, 2.24) is 4.57 Å². The van der Waals surface area contributed by atoms with Gasteiger partial charge in [0.25, 0.3) is 0 Å². The summed E-state index contributed by atoms with van der Waals surface area (Å²) in [5.41, 5.74) is 16.4. The van der Waals surface area contributed by atoms with Crippen LogP contribution < -0.4 is 4.90 Å². The van der Waals surface area contributed by atoms with Crippen LogP contribution in [0.5, 0.6) is 0 Å². The van der Waals surface area contributed by atoms with Gasteiger partial charge >= 0.3 is 0 Å². The number of benzene rings is 13. The van der Waals surface area contributed by atoms with Crippen LogP contribution >= 0.6 is 11.3 Å². The maximum Gasteiger partial charge on any atom is 0.0541 e. The lowest BCUT2D eigenvalue weighted by molar-refractivity contribution is 1.18. The molecule has 0 spiro atoms. The molecule has 2 heterocycles. The van der Waals surface area contributed by atoms with Crippen LogP contribution in [-0.4, -0.2) is 4.57 Å². The fourth-order valence-electron chi connectivity index (χ4n) is 11.7. The second kappa shape index (κ2) is 17.6. The molecule has 0 N–H and O–H groups in total. The molecule has 0 amide bonds.